The first-order valence-electron chi connectivity index (χ1n) is 6.47. The molecule has 112 valence electrons. The molecule has 0 aromatic heterocycles. The van der Waals surface area contributed by atoms with Crippen molar-refractivity contribution in [2.75, 3.05) is 13.1 Å². The first-order valence-corrected chi connectivity index (χ1v) is 7.26. The van der Waals surface area contributed by atoms with E-state index < -0.39 is 24.3 Å². The van der Waals surface area contributed by atoms with Gasteiger partial charge in [0, 0.05) is 23.1 Å². The van der Waals surface area contributed by atoms with Crippen LogP contribution in [0.15, 0.2) is 22.7 Å². The third-order valence-corrected chi connectivity index (χ3v) is 3.87. The summed E-state index contributed by atoms with van der Waals surface area (Å²) in [6.07, 6.45) is -0.396. The minimum atomic E-state index is -1.11. The van der Waals surface area contributed by atoms with Crippen LogP contribution in [0.2, 0.25) is 0 Å². The van der Waals surface area contributed by atoms with Crippen molar-refractivity contribution in [3.8, 4) is 0 Å². The number of amides is 2. The zero-order chi connectivity index (χ0) is 15.6. The van der Waals surface area contributed by atoms with E-state index in [2.05, 4.69) is 21.2 Å². The number of halogens is 1. The highest BCUT2D eigenvalue weighted by atomic mass is 79.9. The van der Waals surface area contributed by atoms with E-state index in [0.717, 1.165) is 10.0 Å². The van der Waals surface area contributed by atoms with E-state index in [9.17, 15) is 14.4 Å². The number of carboxylic acid groups (broad SMARTS) is 1. The lowest BCUT2D eigenvalue weighted by molar-refractivity contribution is -0.142. The fraction of sp³-hybridized carbons (Fsp3) is 0.357. The molecule has 2 N–H and O–H groups in total. The molecule has 1 aliphatic heterocycles. The number of benzene rings is 1. The molecule has 0 aliphatic carbocycles. The standard InChI is InChI=1S/C14H15BrN2O4/c1-8-6-9(15)2-3-10(8)14(21)17-5-4-16-13(20)11(17)7-12(18)19/h2-3,6,11H,4-5,7H2,1H3,(H,16,20)(H,18,19). The fourth-order valence-corrected chi connectivity index (χ4v) is 2.82. The first kappa shape index (κ1) is 15.5. The zero-order valence-electron chi connectivity index (χ0n) is 11.4. The van der Waals surface area contributed by atoms with E-state index in [4.69, 9.17) is 5.11 Å². The van der Waals surface area contributed by atoms with Gasteiger partial charge in [0.25, 0.3) is 5.91 Å². The first-order chi connectivity index (χ1) is 9.90. The Kier molecular flexibility index (Phi) is 4.62. The van der Waals surface area contributed by atoms with E-state index in [0.29, 0.717) is 18.7 Å². The third kappa shape index (κ3) is 3.41. The summed E-state index contributed by atoms with van der Waals surface area (Å²) in [5.41, 5.74) is 1.25. The van der Waals surface area contributed by atoms with Crippen molar-refractivity contribution in [2.24, 2.45) is 0 Å². The molecule has 0 spiro atoms. The number of hydrogen-bond acceptors (Lipinski definition) is 3. The van der Waals surface area contributed by atoms with Gasteiger partial charge in [-0.1, -0.05) is 15.9 Å². The number of hydrogen-bond donors (Lipinski definition) is 2. The van der Waals surface area contributed by atoms with Gasteiger partial charge in [0.15, 0.2) is 0 Å². The minimum Gasteiger partial charge on any atom is -0.481 e. The summed E-state index contributed by atoms with van der Waals surface area (Å²) in [6.45, 7) is 2.43. The monoisotopic (exact) mass is 354 g/mol. The van der Waals surface area contributed by atoms with Gasteiger partial charge < -0.3 is 15.3 Å². The van der Waals surface area contributed by atoms with Crippen LogP contribution in [0.4, 0.5) is 0 Å². The highest BCUT2D eigenvalue weighted by Gasteiger charge is 2.35. The molecule has 2 amide bonds. The second-order valence-electron chi connectivity index (χ2n) is 4.86. The number of nitrogens with one attached hydrogen (secondary N) is 1. The number of carbonyl (C=O) groups is 3. The van der Waals surface area contributed by atoms with Gasteiger partial charge >= 0.3 is 5.97 Å². The maximum absolute atomic E-state index is 12.6. The van der Waals surface area contributed by atoms with Crippen LogP contribution >= 0.6 is 15.9 Å². The van der Waals surface area contributed by atoms with Crippen molar-refractivity contribution in [3.63, 3.8) is 0 Å². The number of rotatable bonds is 3. The maximum atomic E-state index is 12.6. The SMILES string of the molecule is Cc1cc(Br)ccc1C(=O)N1CCNC(=O)C1CC(=O)O. The maximum Gasteiger partial charge on any atom is 0.305 e. The van der Waals surface area contributed by atoms with E-state index in [1.165, 1.54) is 4.90 Å². The Morgan fingerprint density at radius 3 is 2.81 bits per heavy atom. The van der Waals surface area contributed by atoms with Crippen molar-refractivity contribution >= 4 is 33.7 Å². The Labute approximate surface area is 130 Å². The minimum absolute atomic E-state index is 0.304. The number of carboxylic acids is 1. The van der Waals surface area contributed by atoms with Crippen molar-refractivity contribution in [2.45, 2.75) is 19.4 Å². The molecule has 1 fully saturated rings. The van der Waals surface area contributed by atoms with Gasteiger partial charge in [-0.3, -0.25) is 14.4 Å². The highest BCUT2D eigenvalue weighted by Crippen LogP contribution is 2.20. The summed E-state index contributed by atoms with van der Waals surface area (Å²) in [5, 5.41) is 11.5. The number of aryl methyl sites for hydroxylation is 1. The summed E-state index contributed by atoms with van der Waals surface area (Å²) in [7, 11) is 0. The predicted molar refractivity (Wildman–Crippen MR) is 79.0 cm³/mol. The number of piperazine rings is 1. The molecule has 6 nitrogen and oxygen atoms in total. The second kappa shape index (κ2) is 6.26. The van der Waals surface area contributed by atoms with Crippen LogP contribution in [0.1, 0.15) is 22.3 Å². The van der Waals surface area contributed by atoms with Crippen LogP contribution in [0.3, 0.4) is 0 Å². The number of aliphatic carboxylic acids is 1. The third-order valence-electron chi connectivity index (χ3n) is 3.38. The Hall–Kier alpha value is -1.89. The molecule has 0 saturated carbocycles. The molecule has 0 bridgehead atoms. The summed E-state index contributed by atoms with van der Waals surface area (Å²) in [4.78, 5) is 36.7. The van der Waals surface area contributed by atoms with E-state index in [-0.39, 0.29) is 5.91 Å². The molecule has 1 saturated heterocycles. The predicted octanol–water partition coefficient (Wildman–Crippen LogP) is 1.17. The molecule has 1 aliphatic rings. The Morgan fingerprint density at radius 1 is 1.48 bits per heavy atom. The van der Waals surface area contributed by atoms with Gasteiger partial charge in [-0.25, -0.2) is 0 Å². The molecular formula is C14H15BrN2O4. The van der Waals surface area contributed by atoms with Gasteiger partial charge in [-0.15, -0.1) is 0 Å². The Balaban J connectivity index is 2.30. The molecule has 1 aromatic carbocycles. The van der Waals surface area contributed by atoms with Crippen LogP contribution in [0.5, 0.6) is 0 Å². The normalized spacial score (nSPS) is 18.3. The van der Waals surface area contributed by atoms with Gasteiger partial charge in [0.05, 0.1) is 6.42 Å². The van der Waals surface area contributed by atoms with E-state index in [1.54, 1.807) is 19.1 Å². The van der Waals surface area contributed by atoms with Crippen molar-refractivity contribution in [1.82, 2.24) is 10.2 Å². The lowest BCUT2D eigenvalue weighted by Gasteiger charge is -2.34. The molecule has 7 heteroatoms. The van der Waals surface area contributed by atoms with Gasteiger partial charge in [0.2, 0.25) is 5.91 Å². The molecule has 1 unspecified atom stereocenters. The lowest BCUT2D eigenvalue weighted by Crippen LogP contribution is -2.57. The van der Waals surface area contributed by atoms with E-state index >= 15 is 0 Å². The molecular weight excluding hydrogens is 340 g/mol. The summed E-state index contributed by atoms with van der Waals surface area (Å²) >= 11 is 3.33. The highest BCUT2D eigenvalue weighted by molar-refractivity contribution is 9.10. The van der Waals surface area contributed by atoms with Crippen LogP contribution in [-0.2, 0) is 9.59 Å². The molecule has 2 rings (SSSR count). The van der Waals surface area contributed by atoms with Crippen LogP contribution < -0.4 is 5.32 Å². The smallest absolute Gasteiger partial charge is 0.305 e. The van der Waals surface area contributed by atoms with E-state index in [1.807, 2.05) is 6.07 Å². The second-order valence-corrected chi connectivity index (χ2v) is 5.78. The van der Waals surface area contributed by atoms with Crippen LogP contribution in [0.25, 0.3) is 0 Å². The fourth-order valence-electron chi connectivity index (χ4n) is 2.35. The Morgan fingerprint density at radius 2 is 2.19 bits per heavy atom. The van der Waals surface area contributed by atoms with Crippen molar-refractivity contribution < 1.29 is 19.5 Å². The Bertz CT molecular complexity index is 603. The summed E-state index contributed by atoms with van der Waals surface area (Å²) in [6, 6.07) is 4.26. The van der Waals surface area contributed by atoms with Gasteiger partial charge in [0.1, 0.15) is 6.04 Å². The molecule has 21 heavy (non-hydrogen) atoms. The average Bonchev–Trinajstić information content (AvgIpc) is 2.40. The van der Waals surface area contributed by atoms with Crippen LogP contribution in [0, 0.1) is 6.92 Å². The summed E-state index contributed by atoms with van der Waals surface area (Å²) < 4.78 is 0.857. The van der Waals surface area contributed by atoms with Crippen molar-refractivity contribution in [1.29, 1.82) is 0 Å². The lowest BCUT2D eigenvalue weighted by atomic mass is 10.0. The zero-order valence-corrected chi connectivity index (χ0v) is 13.0. The quantitative estimate of drug-likeness (QED) is 0.852. The van der Waals surface area contributed by atoms with Crippen molar-refractivity contribution in [3.05, 3.63) is 33.8 Å². The molecule has 1 aromatic rings. The molecule has 1 atom stereocenters. The van der Waals surface area contributed by atoms with Gasteiger partial charge in [-0.05, 0) is 30.7 Å². The molecule has 0 radical (unpaired) electrons. The number of carbonyl (C=O) groups excluding carboxylic acids is 2. The summed E-state index contributed by atoms with van der Waals surface area (Å²) in [5.74, 6) is -1.85. The number of nitrogens with zero attached hydrogens (tertiary/aromatic N) is 1. The topological polar surface area (TPSA) is 86.7 Å². The van der Waals surface area contributed by atoms with Gasteiger partial charge in [-0.2, -0.15) is 0 Å². The van der Waals surface area contributed by atoms with Crippen LogP contribution in [-0.4, -0.2) is 46.9 Å². The molecule has 1 heterocycles. The average molecular weight is 355 g/mol. The largest absolute Gasteiger partial charge is 0.481 e.